The molecular formula is C14H15N5O2S. The number of piperazine rings is 1. The van der Waals surface area contributed by atoms with Gasteiger partial charge in [0.05, 0.1) is 0 Å². The Balaban J connectivity index is 1.62. The minimum absolute atomic E-state index is 0.0541. The standard InChI is InChI=1S/C14H15N5O2S/c1-10-15-13(22-17-10)16-14(21)18-7-8-19(12(20)9-18)11-5-3-2-4-6-11/h2-6H,7-9H2,1H3,(H,15,16,17,21). The summed E-state index contributed by atoms with van der Waals surface area (Å²) >= 11 is 1.13. The number of aromatic nitrogens is 2. The molecule has 0 unspecified atom stereocenters. The topological polar surface area (TPSA) is 78.4 Å². The maximum Gasteiger partial charge on any atom is 0.324 e. The molecule has 2 aromatic rings. The highest BCUT2D eigenvalue weighted by Crippen LogP contribution is 2.17. The lowest BCUT2D eigenvalue weighted by Crippen LogP contribution is -2.53. The van der Waals surface area contributed by atoms with Crippen molar-refractivity contribution >= 4 is 34.3 Å². The minimum Gasteiger partial charge on any atom is -0.313 e. The first-order chi connectivity index (χ1) is 10.6. The predicted molar refractivity (Wildman–Crippen MR) is 84.0 cm³/mol. The second-order valence-corrected chi connectivity index (χ2v) is 5.63. The largest absolute Gasteiger partial charge is 0.324 e. The van der Waals surface area contributed by atoms with Crippen LogP contribution < -0.4 is 10.2 Å². The Morgan fingerprint density at radius 1 is 1.27 bits per heavy atom. The van der Waals surface area contributed by atoms with Gasteiger partial charge in [-0.3, -0.25) is 10.1 Å². The summed E-state index contributed by atoms with van der Waals surface area (Å²) in [7, 11) is 0. The predicted octanol–water partition coefficient (Wildman–Crippen LogP) is 1.73. The minimum atomic E-state index is -0.322. The summed E-state index contributed by atoms with van der Waals surface area (Å²) in [4.78, 5) is 31.7. The van der Waals surface area contributed by atoms with Crippen molar-refractivity contribution in [2.45, 2.75) is 6.92 Å². The maximum atomic E-state index is 12.2. The fourth-order valence-corrected chi connectivity index (χ4v) is 2.81. The number of nitrogens with zero attached hydrogens (tertiary/aromatic N) is 4. The van der Waals surface area contributed by atoms with Crippen LogP contribution >= 0.6 is 11.5 Å². The van der Waals surface area contributed by atoms with E-state index in [0.29, 0.717) is 24.0 Å². The number of anilines is 2. The van der Waals surface area contributed by atoms with Crippen molar-refractivity contribution < 1.29 is 9.59 Å². The molecule has 0 aliphatic carbocycles. The van der Waals surface area contributed by atoms with Crippen LogP contribution in [0.15, 0.2) is 30.3 Å². The molecule has 1 aromatic heterocycles. The van der Waals surface area contributed by atoms with E-state index in [-0.39, 0.29) is 18.5 Å². The van der Waals surface area contributed by atoms with Gasteiger partial charge in [0.15, 0.2) is 0 Å². The number of nitrogens with one attached hydrogen (secondary N) is 1. The van der Waals surface area contributed by atoms with E-state index in [9.17, 15) is 9.59 Å². The summed E-state index contributed by atoms with van der Waals surface area (Å²) in [5, 5.41) is 3.11. The van der Waals surface area contributed by atoms with Crippen molar-refractivity contribution in [3.63, 3.8) is 0 Å². The quantitative estimate of drug-likeness (QED) is 0.915. The fourth-order valence-electron chi connectivity index (χ4n) is 2.25. The van der Waals surface area contributed by atoms with Gasteiger partial charge in [0.1, 0.15) is 12.4 Å². The SMILES string of the molecule is Cc1nsc(NC(=O)N2CCN(c3ccccc3)C(=O)C2)n1. The third-order valence-electron chi connectivity index (χ3n) is 3.32. The summed E-state index contributed by atoms with van der Waals surface area (Å²) in [5.41, 5.74) is 0.854. The van der Waals surface area contributed by atoms with Crippen molar-refractivity contribution in [1.29, 1.82) is 0 Å². The number of hydrogen-bond acceptors (Lipinski definition) is 5. The molecule has 114 valence electrons. The molecule has 3 amide bonds. The Hall–Kier alpha value is -2.48. The van der Waals surface area contributed by atoms with Gasteiger partial charge in [-0.1, -0.05) is 18.2 Å². The number of carbonyl (C=O) groups excluding carboxylic acids is 2. The Labute approximate surface area is 131 Å². The van der Waals surface area contributed by atoms with E-state index in [1.807, 2.05) is 30.3 Å². The Kier molecular flexibility index (Phi) is 4.01. The van der Waals surface area contributed by atoms with Crippen molar-refractivity contribution in [3.8, 4) is 0 Å². The van der Waals surface area contributed by atoms with Crippen molar-refractivity contribution in [2.75, 3.05) is 29.9 Å². The van der Waals surface area contributed by atoms with E-state index >= 15 is 0 Å². The number of carbonyl (C=O) groups is 2. The third-order valence-corrected chi connectivity index (χ3v) is 4.04. The van der Waals surface area contributed by atoms with Gasteiger partial charge in [0, 0.05) is 30.3 Å². The summed E-state index contributed by atoms with van der Waals surface area (Å²) < 4.78 is 4.00. The molecule has 1 fully saturated rings. The maximum absolute atomic E-state index is 12.2. The first kappa shape index (κ1) is 14.5. The van der Waals surface area contributed by atoms with E-state index in [4.69, 9.17) is 0 Å². The molecule has 1 aliphatic rings. The Morgan fingerprint density at radius 3 is 2.68 bits per heavy atom. The highest BCUT2D eigenvalue weighted by molar-refractivity contribution is 7.09. The summed E-state index contributed by atoms with van der Waals surface area (Å²) in [6.07, 6.45) is 0. The van der Waals surface area contributed by atoms with Crippen LogP contribution in [0.2, 0.25) is 0 Å². The highest BCUT2D eigenvalue weighted by Gasteiger charge is 2.28. The second-order valence-electron chi connectivity index (χ2n) is 4.88. The number of urea groups is 1. The normalized spacial score (nSPS) is 15.0. The van der Waals surface area contributed by atoms with Gasteiger partial charge >= 0.3 is 6.03 Å². The Morgan fingerprint density at radius 2 is 2.05 bits per heavy atom. The number of para-hydroxylation sites is 1. The molecule has 1 saturated heterocycles. The summed E-state index contributed by atoms with van der Waals surface area (Å²) in [6.45, 7) is 2.77. The van der Waals surface area contributed by atoms with E-state index in [1.165, 1.54) is 4.90 Å². The molecular weight excluding hydrogens is 302 g/mol. The molecule has 1 aliphatic heterocycles. The lowest BCUT2D eigenvalue weighted by atomic mass is 10.2. The zero-order valence-corrected chi connectivity index (χ0v) is 12.8. The molecule has 7 nitrogen and oxygen atoms in total. The lowest BCUT2D eigenvalue weighted by Gasteiger charge is -2.34. The van der Waals surface area contributed by atoms with Crippen LogP contribution in [0, 0.1) is 6.92 Å². The monoisotopic (exact) mass is 317 g/mol. The van der Waals surface area contributed by atoms with Crippen LogP contribution in [0.25, 0.3) is 0 Å². The molecule has 0 radical (unpaired) electrons. The Bertz CT molecular complexity index is 688. The van der Waals surface area contributed by atoms with Crippen LogP contribution in [-0.4, -0.2) is 45.8 Å². The molecule has 0 spiro atoms. The number of benzene rings is 1. The van der Waals surface area contributed by atoms with E-state index < -0.39 is 0 Å². The highest BCUT2D eigenvalue weighted by atomic mass is 32.1. The molecule has 0 atom stereocenters. The molecule has 22 heavy (non-hydrogen) atoms. The van der Waals surface area contributed by atoms with Crippen LogP contribution in [-0.2, 0) is 4.79 Å². The van der Waals surface area contributed by atoms with Crippen molar-refractivity contribution in [1.82, 2.24) is 14.3 Å². The second kappa shape index (κ2) is 6.10. The first-order valence-electron chi connectivity index (χ1n) is 6.85. The van der Waals surface area contributed by atoms with Crippen LogP contribution in [0.3, 0.4) is 0 Å². The van der Waals surface area contributed by atoms with Crippen LogP contribution in [0.5, 0.6) is 0 Å². The lowest BCUT2D eigenvalue weighted by molar-refractivity contribution is -0.120. The van der Waals surface area contributed by atoms with Gasteiger partial charge in [0.25, 0.3) is 0 Å². The molecule has 2 heterocycles. The molecule has 1 N–H and O–H groups in total. The van der Waals surface area contributed by atoms with Crippen molar-refractivity contribution in [3.05, 3.63) is 36.2 Å². The van der Waals surface area contributed by atoms with Gasteiger partial charge < -0.3 is 9.80 Å². The average Bonchev–Trinajstić information content (AvgIpc) is 2.93. The molecule has 1 aromatic carbocycles. The van der Waals surface area contributed by atoms with Gasteiger partial charge in [-0.2, -0.15) is 4.37 Å². The molecule has 8 heteroatoms. The fraction of sp³-hybridized carbons (Fsp3) is 0.286. The van der Waals surface area contributed by atoms with Crippen LogP contribution in [0.1, 0.15) is 5.82 Å². The smallest absolute Gasteiger partial charge is 0.313 e. The van der Waals surface area contributed by atoms with Gasteiger partial charge in [-0.25, -0.2) is 9.78 Å². The number of hydrogen-bond donors (Lipinski definition) is 1. The first-order valence-corrected chi connectivity index (χ1v) is 7.62. The van der Waals surface area contributed by atoms with Gasteiger partial charge in [-0.05, 0) is 19.1 Å². The zero-order valence-electron chi connectivity index (χ0n) is 12.0. The summed E-state index contributed by atoms with van der Waals surface area (Å²) in [6, 6.07) is 9.13. The number of amides is 3. The molecule has 0 bridgehead atoms. The zero-order chi connectivity index (χ0) is 15.5. The molecule has 3 rings (SSSR count). The average molecular weight is 317 g/mol. The van der Waals surface area contributed by atoms with Gasteiger partial charge in [0.2, 0.25) is 11.0 Å². The van der Waals surface area contributed by atoms with Crippen molar-refractivity contribution in [2.24, 2.45) is 0 Å². The van der Waals surface area contributed by atoms with Gasteiger partial charge in [-0.15, -0.1) is 0 Å². The number of aryl methyl sites for hydroxylation is 1. The third kappa shape index (κ3) is 3.06. The molecule has 0 saturated carbocycles. The van der Waals surface area contributed by atoms with E-state index in [2.05, 4.69) is 14.7 Å². The van der Waals surface area contributed by atoms with E-state index in [0.717, 1.165) is 17.2 Å². The van der Waals surface area contributed by atoms with Crippen LogP contribution in [0.4, 0.5) is 15.6 Å². The number of rotatable bonds is 2. The summed E-state index contributed by atoms with van der Waals surface area (Å²) in [5.74, 6) is 0.520. The van der Waals surface area contributed by atoms with E-state index in [1.54, 1.807) is 11.8 Å².